The van der Waals surface area contributed by atoms with E-state index in [1.807, 2.05) is 0 Å². The fraction of sp³-hybridized carbons (Fsp3) is 0.368. The van der Waals surface area contributed by atoms with Crippen molar-refractivity contribution < 1.29 is 31.1 Å². The number of fused-ring (bicyclic) bond motifs is 1. The number of hydrogen-bond donors (Lipinski definition) is 1. The fourth-order valence-electron chi connectivity index (χ4n) is 3.41. The number of hydrogen-bond acceptors (Lipinski definition) is 4. The minimum Gasteiger partial charge on any atom is -0.381 e. The van der Waals surface area contributed by atoms with Crippen LogP contribution in [0.4, 0.5) is 32.3 Å². The highest BCUT2D eigenvalue weighted by molar-refractivity contribution is 5.80. The fourth-order valence-corrected chi connectivity index (χ4v) is 3.41. The summed E-state index contributed by atoms with van der Waals surface area (Å²) in [6.45, 7) is 1.83. The molecule has 30 heavy (non-hydrogen) atoms. The first-order valence-corrected chi connectivity index (χ1v) is 9.09. The third kappa shape index (κ3) is 3.93. The monoisotopic (exact) mass is 430 g/mol. The van der Waals surface area contributed by atoms with Gasteiger partial charge in [-0.2, -0.15) is 26.3 Å². The van der Waals surface area contributed by atoms with E-state index in [0.717, 1.165) is 12.5 Å². The van der Waals surface area contributed by atoms with Gasteiger partial charge in [-0.25, -0.2) is 0 Å². The van der Waals surface area contributed by atoms with Crippen LogP contribution in [0.3, 0.4) is 0 Å². The Morgan fingerprint density at radius 3 is 2.53 bits per heavy atom. The van der Waals surface area contributed by atoms with Crippen molar-refractivity contribution in [3.8, 4) is 11.3 Å². The zero-order chi connectivity index (χ0) is 21.5. The molecule has 3 heterocycles. The maximum atomic E-state index is 13.6. The second-order valence-corrected chi connectivity index (χ2v) is 7.00. The van der Waals surface area contributed by atoms with Gasteiger partial charge in [0.2, 0.25) is 5.95 Å². The largest absolute Gasteiger partial charge is 0.417 e. The molecule has 160 valence electrons. The van der Waals surface area contributed by atoms with E-state index in [1.165, 1.54) is 10.5 Å². The number of nitrogens with zero attached hydrogens (tertiary/aromatic N) is 3. The Bertz CT molecular complexity index is 1050. The lowest BCUT2D eigenvalue weighted by atomic mass is 10.00. The molecule has 5 nitrogen and oxygen atoms in total. The molecule has 1 aliphatic rings. The normalized spacial score (nSPS) is 17.6. The Morgan fingerprint density at radius 2 is 1.87 bits per heavy atom. The van der Waals surface area contributed by atoms with Crippen molar-refractivity contribution in [1.29, 1.82) is 0 Å². The Balaban J connectivity index is 1.76. The smallest absolute Gasteiger partial charge is 0.381 e. The molecule has 0 amide bonds. The minimum atomic E-state index is -5.00. The van der Waals surface area contributed by atoms with E-state index < -0.39 is 29.0 Å². The SMILES string of the molecule is FC(F)(F)c1ccc(-c2nnc(NC[C@H]3CCOC3)n3cccc23)c(C(F)(F)F)c1. The third-order valence-corrected chi connectivity index (χ3v) is 4.94. The number of ether oxygens (including phenoxy) is 1. The Hall–Kier alpha value is -2.82. The van der Waals surface area contributed by atoms with E-state index in [4.69, 9.17) is 4.74 Å². The molecule has 0 aliphatic carbocycles. The summed E-state index contributed by atoms with van der Waals surface area (Å²) in [6.07, 6.45) is -7.42. The quantitative estimate of drug-likeness (QED) is 0.600. The van der Waals surface area contributed by atoms with Crippen LogP contribution in [0.5, 0.6) is 0 Å². The molecule has 11 heteroatoms. The van der Waals surface area contributed by atoms with Crippen LogP contribution in [0.15, 0.2) is 36.5 Å². The van der Waals surface area contributed by atoms with Gasteiger partial charge >= 0.3 is 12.4 Å². The number of halogens is 6. The van der Waals surface area contributed by atoms with E-state index >= 15 is 0 Å². The summed E-state index contributed by atoms with van der Waals surface area (Å²) in [5, 5.41) is 11.0. The molecule has 1 atom stereocenters. The number of nitrogens with one attached hydrogen (secondary N) is 1. The Kier molecular flexibility index (Phi) is 5.08. The molecule has 0 bridgehead atoms. The zero-order valence-corrected chi connectivity index (χ0v) is 15.4. The lowest BCUT2D eigenvalue weighted by Crippen LogP contribution is -2.17. The first kappa shape index (κ1) is 20.5. The van der Waals surface area contributed by atoms with Crippen LogP contribution in [0, 0.1) is 5.92 Å². The molecule has 0 unspecified atom stereocenters. The third-order valence-electron chi connectivity index (χ3n) is 4.94. The predicted molar refractivity (Wildman–Crippen MR) is 95.8 cm³/mol. The number of alkyl halides is 6. The summed E-state index contributed by atoms with van der Waals surface area (Å²) in [7, 11) is 0. The maximum absolute atomic E-state index is 13.6. The summed E-state index contributed by atoms with van der Waals surface area (Å²) in [5.41, 5.74) is -3.13. The summed E-state index contributed by atoms with van der Waals surface area (Å²) in [5.74, 6) is 0.606. The highest BCUT2D eigenvalue weighted by atomic mass is 19.4. The summed E-state index contributed by atoms with van der Waals surface area (Å²) >= 11 is 0. The molecule has 1 aromatic carbocycles. The number of anilines is 1. The molecule has 3 aromatic rings. The van der Waals surface area contributed by atoms with Crippen LogP contribution in [0.1, 0.15) is 17.5 Å². The maximum Gasteiger partial charge on any atom is 0.417 e. The molecule has 0 saturated carbocycles. The van der Waals surface area contributed by atoms with Crippen molar-refractivity contribution in [2.45, 2.75) is 18.8 Å². The average molecular weight is 430 g/mol. The lowest BCUT2D eigenvalue weighted by Gasteiger charge is -2.17. The highest BCUT2D eigenvalue weighted by Crippen LogP contribution is 2.41. The van der Waals surface area contributed by atoms with Crippen LogP contribution in [-0.4, -0.2) is 34.4 Å². The standard InChI is InChI=1S/C19H16F6N4O/c20-18(21,22)12-3-4-13(14(8-12)19(23,24)25)16-15-2-1-6-29(15)17(28-27-16)26-9-11-5-7-30-10-11/h1-4,6,8,11H,5,7,9-10H2,(H,26,28)/t11-/m1/s1. The van der Waals surface area contributed by atoms with Crippen molar-refractivity contribution in [2.75, 3.05) is 25.1 Å². The minimum absolute atomic E-state index is 0.0999. The van der Waals surface area contributed by atoms with Gasteiger partial charge < -0.3 is 10.1 Å². The van der Waals surface area contributed by atoms with Crippen molar-refractivity contribution in [2.24, 2.45) is 5.92 Å². The Labute approximate surface area is 166 Å². The topological polar surface area (TPSA) is 51.5 Å². The number of benzene rings is 1. The zero-order valence-electron chi connectivity index (χ0n) is 15.4. The summed E-state index contributed by atoms with van der Waals surface area (Å²) < 4.78 is 86.3. The first-order chi connectivity index (χ1) is 14.1. The number of aromatic nitrogens is 3. The van der Waals surface area contributed by atoms with Crippen LogP contribution in [-0.2, 0) is 17.1 Å². The van der Waals surface area contributed by atoms with Gasteiger partial charge in [0.15, 0.2) is 0 Å². The van der Waals surface area contributed by atoms with E-state index in [1.54, 1.807) is 12.3 Å². The van der Waals surface area contributed by atoms with E-state index in [0.29, 0.717) is 37.3 Å². The molecular weight excluding hydrogens is 414 g/mol. The van der Waals surface area contributed by atoms with Gasteiger partial charge in [0.25, 0.3) is 0 Å². The first-order valence-electron chi connectivity index (χ1n) is 9.09. The average Bonchev–Trinajstić information content (AvgIpc) is 3.36. The van der Waals surface area contributed by atoms with Gasteiger partial charge in [0, 0.05) is 30.8 Å². The molecule has 1 N–H and O–H groups in total. The summed E-state index contributed by atoms with van der Waals surface area (Å²) in [6, 6.07) is 4.63. The van der Waals surface area contributed by atoms with Crippen molar-refractivity contribution in [3.05, 3.63) is 47.7 Å². The molecule has 1 saturated heterocycles. The van der Waals surface area contributed by atoms with E-state index in [-0.39, 0.29) is 17.7 Å². The van der Waals surface area contributed by atoms with Gasteiger partial charge in [-0.1, -0.05) is 6.07 Å². The van der Waals surface area contributed by atoms with Crippen LogP contribution < -0.4 is 5.32 Å². The van der Waals surface area contributed by atoms with Crippen molar-refractivity contribution >= 4 is 11.5 Å². The van der Waals surface area contributed by atoms with Crippen LogP contribution in [0.2, 0.25) is 0 Å². The molecule has 1 fully saturated rings. The van der Waals surface area contributed by atoms with Gasteiger partial charge in [-0.3, -0.25) is 4.40 Å². The predicted octanol–water partition coefficient (Wildman–Crippen LogP) is 4.88. The van der Waals surface area contributed by atoms with E-state index in [9.17, 15) is 26.3 Å². The second-order valence-electron chi connectivity index (χ2n) is 7.00. The molecule has 0 spiro atoms. The summed E-state index contributed by atoms with van der Waals surface area (Å²) in [4.78, 5) is 0. The van der Waals surface area contributed by atoms with Gasteiger partial charge in [-0.05, 0) is 30.7 Å². The van der Waals surface area contributed by atoms with E-state index in [2.05, 4.69) is 15.5 Å². The molecular formula is C19H16F6N4O. The molecule has 4 rings (SSSR count). The molecule has 0 radical (unpaired) electrons. The van der Waals surface area contributed by atoms with Crippen molar-refractivity contribution in [1.82, 2.24) is 14.6 Å². The molecule has 1 aliphatic heterocycles. The van der Waals surface area contributed by atoms with Crippen molar-refractivity contribution in [3.63, 3.8) is 0 Å². The lowest BCUT2D eigenvalue weighted by molar-refractivity contribution is -0.142. The van der Waals surface area contributed by atoms with Gasteiger partial charge in [0.05, 0.1) is 23.3 Å². The van der Waals surface area contributed by atoms with Crippen LogP contribution >= 0.6 is 0 Å². The Morgan fingerprint density at radius 1 is 1.07 bits per heavy atom. The molecule has 2 aromatic heterocycles. The number of rotatable bonds is 4. The van der Waals surface area contributed by atoms with Gasteiger partial charge in [-0.15, -0.1) is 10.2 Å². The van der Waals surface area contributed by atoms with Gasteiger partial charge in [0.1, 0.15) is 5.69 Å². The highest BCUT2D eigenvalue weighted by Gasteiger charge is 2.39. The second kappa shape index (κ2) is 7.46. The van der Waals surface area contributed by atoms with Crippen LogP contribution in [0.25, 0.3) is 16.8 Å².